The topological polar surface area (TPSA) is 52.7 Å². The second kappa shape index (κ2) is 11.0. The number of carbonyl (C=O) groups excluding carboxylic acids is 2. The van der Waals surface area contributed by atoms with E-state index in [0.29, 0.717) is 11.4 Å². The fraction of sp³-hybridized carbons (Fsp3) is 0.478. The van der Waals surface area contributed by atoms with Gasteiger partial charge < -0.3 is 15.1 Å². The van der Waals surface area contributed by atoms with E-state index < -0.39 is 0 Å². The summed E-state index contributed by atoms with van der Waals surface area (Å²) in [5.41, 5.74) is 2.83. The lowest BCUT2D eigenvalue weighted by molar-refractivity contribution is -0.136. The predicted molar refractivity (Wildman–Crippen MR) is 123 cm³/mol. The van der Waals surface area contributed by atoms with Crippen molar-refractivity contribution >= 4 is 34.5 Å². The smallest absolute Gasteiger partial charge is 0.265 e. The molecule has 0 aliphatic carbocycles. The van der Waals surface area contributed by atoms with E-state index in [9.17, 15) is 9.59 Å². The predicted octanol–water partition coefficient (Wildman–Crippen LogP) is 5.24. The van der Waals surface area contributed by atoms with E-state index in [1.165, 1.54) is 11.3 Å². The van der Waals surface area contributed by atoms with E-state index in [2.05, 4.69) is 26.1 Å². The normalized spacial score (nSPS) is 10.8. The van der Waals surface area contributed by atoms with Crippen molar-refractivity contribution in [2.45, 2.75) is 46.6 Å². The Kier molecular flexibility index (Phi) is 8.70. The van der Waals surface area contributed by atoms with Crippen LogP contribution in [0, 0.1) is 5.92 Å². The summed E-state index contributed by atoms with van der Waals surface area (Å²) in [6.45, 7) is 7.51. The first-order valence-corrected chi connectivity index (χ1v) is 11.2. The monoisotopic (exact) mass is 415 g/mol. The molecule has 1 N–H and O–H groups in total. The third-order valence-corrected chi connectivity index (χ3v) is 5.93. The van der Waals surface area contributed by atoms with Gasteiger partial charge in [-0.05, 0) is 54.5 Å². The van der Waals surface area contributed by atoms with E-state index in [4.69, 9.17) is 0 Å². The van der Waals surface area contributed by atoms with Gasteiger partial charge in [0.05, 0.1) is 4.88 Å². The van der Waals surface area contributed by atoms with Crippen molar-refractivity contribution in [2.24, 2.45) is 5.92 Å². The molecule has 0 aliphatic rings. The minimum Gasteiger partial charge on any atom is -0.377 e. The summed E-state index contributed by atoms with van der Waals surface area (Å²) in [5.74, 6) is 0.169. The van der Waals surface area contributed by atoms with Gasteiger partial charge in [-0.1, -0.05) is 26.8 Å². The Morgan fingerprint density at radius 1 is 1.10 bits per heavy atom. The van der Waals surface area contributed by atoms with E-state index in [0.717, 1.165) is 42.7 Å². The van der Waals surface area contributed by atoms with Crippen molar-refractivity contribution in [3.05, 3.63) is 46.2 Å². The third kappa shape index (κ3) is 6.07. The van der Waals surface area contributed by atoms with Crippen LogP contribution >= 0.6 is 11.3 Å². The van der Waals surface area contributed by atoms with Crippen LogP contribution < -0.4 is 10.2 Å². The molecule has 29 heavy (non-hydrogen) atoms. The molecule has 0 saturated carbocycles. The lowest BCUT2D eigenvalue weighted by Gasteiger charge is -2.28. The lowest BCUT2D eigenvalue weighted by Crippen LogP contribution is -2.36. The summed E-state index contributed by atoms with van der Waals surface area (Å²) >= 11 is 1.42. The maximum atomic E-state index is 13.0. The molecule has 0 atom stereocenters. The Labute approximate surface area is 178 Å². The van der Waals surface area contributed by atoms with Crippen LogP contribution in [0.3, 0.4) is 0 Å². The van der Waals surface area contributed by atoms with Crippen LogP contribution in [0.5, 0.6) is 0 Å². The molecule has 158 valence electrons. The van der Waals surface area contributed by atoms with Gasteiger partial charge >= 0.3 is 0 Å². The van der Waals surface area contributed by atoms with Gasteiger partial charge in [-0.25, -0.2) is 0 Å². The SMILES string of the molecule is CCCN(Cc1cc(NC(=O)c2cccs2)ccc1N(C)C)C(=O)C(CC)CC. The highest BCUT2D eigenvalue weighted by Crippen LogP contribution is 2.26. The molecule has 1 heterocycles. The summed E-state index contributed by atoms with van der Waals surface area (Å²) in [7, 11) is 3.99. The van der Waals surface area contributed by atoms with Gasteiger partial charge in [0.2, 0.25) is 5.91 Å². The van der Waals surface area contributed by atoms with Crippen molar-refractivity contribution in [2.75, 3.05) is 30.9 Å². The number of nitrogens with zero attached hydrogens (tertiary/aromatic N) is 2. The van der Waals surface area contributed by atoms with Crippen LogP contribution in [0.4, 0.5) is 11.4 Å². The number of amides is 2. The molecule has 0 saturated heterocycles. The molecule has 0 unspecified atom stereocenters. The average Bonchev–Trinajstić information content (AvgIpc) is 3.23. The number of nitrogens with one attached hydrogen (secondary N) is 1. The summed E-state index contributed by atoms with van der Waals surface area (Å²) in [6.07, 6.45) is 2.62. The van der Waals surface area contributed by atoms with Gasteiger partial charge in [-0.2, -0.15) is 0 Å². The molecule has 2 rings (SSSR count). The summed E-state index contributed by atoms with van der Waals surface area (Å²) < 4.78 is 0. The number of hydrogen-bond donors (Lipinski definition) is 1. The number of thiophene rings is 1. The fourth-order valence-electron chi connectivity index (χ4n) is 3.47. The van der Waals surface area contributed by atoms with Gasteiger partial charge in [-0.3, -0.25) is 9.59 Å². The van der Waals surface area contributed by atoms with Crippen molar-refractivity contribution in [3.63, 3.8) is 0 Å². The highest BCUT2D eigenvalue weighted by Gasteiger charge is 2.22. The van der Waals surface area contributed by atoms with Gasteiger partial charge in [0.15, 0.2) is 0 Å². The van der Waals surface area contributed by atoms with E-state index in [1.807, 2.05) is 59.6 Å². The van der Waals surface area contributed by atoms with Gasteiger partial charge in [0.1, 0.15) is 0 Å². The van der Waals surface area contributed by atoms with Crippen molar-refractivity contribution < 1.29 is 9.59 Å². The van der Waals surface area contributed by atoms with Crippen molar-refractivity contribution in [3.8, 4) is 0 Å². The first-order valence-electron chi connectivity index (χ1n) is 10.3. The Morgan fingerprint density at radius 3 is 2.38 bits per heavy atom. The Bertz CT molecular complexity index is 798. The molecule has 0 spiro atoms. The third-order valence-electron chi connectivity index (χ3n) is 5.07. The van der Waals surface area contributed by atoms with Crippen molar-refractivity contribution in [1.29, 1.82) is 0 Å². The summed E-state index contributed by atoms with van der Waals surface area (Å²) in [6, 6.07) is 9.59. The highest BCUT2D eigenvalue weighted by atomic mass is 32.1. The molecule has 0 bridgehead atoms. The summed E-state index contributed by atoms with van der Waals surface area (Å²) in [5, 5.41) is 4.87. The van der Waals surface area contributed by atoms with Gasteiger partial charge in [0, 0.05) is 44.5 Å². The van der Waals surface area contributed by atoms with Crippen LogP contribution in [0.25, 0.3) is 0 Å². The zero-order valence-corrected chi connectivity index (χ0v) is 19.0. The quantitative estimate of drug-likeness (QED) is 0.577. The molecule has 6 heteroatoms. The van der Waals surface area contributed by atoms with E-state index in [-0.39, 0.29) is 17.7 Å². The maximum Gasteiger partial charge on any atom is 0.265 e. The fourth-order valence-corrected chi connectivity index (χ4v) is 4.08. The molecule has 2 aromatic rings. The first kappa shape index (κ1) is 22.9. The van der Waals surface area contributed by atoms with E-state index >= 15 is 0 Å². The Hall–Kier alpha value is -2.34. The highest BCUT2D eigenvalue weighted by molar-refractivity contribution is 7.12. The number of rotatable bonds is 10. The summed E-state index contributed by atoms with van der Waals surface area (Å²) in [4.78, 5) is 30.2. The van der Waals surface area contributed by atoms with Crippen LogP contribution in [-0.4, -0.2) is 37.4 Å². The molecule has 2 amide bonds. The molecule has 0 radical (unpaired) electrons. The molecule has 5 nitrogen and oxygen atoms in total. The second-order valence-electron chi connectivity index (χ2n) is 7.44. The van der Waals surface area contributed by atoms with Crippen molar-refractivity contribution in [1.82, 2.24) is 4.90 Å². The number of carbonyl (C=O) groups is 2. The van der Waals surface area contributed by atoms with Crippen LogP contribution in [0.1, 0.15) is 55.3 Å². The molecule has 1 aromatic carbocycles. The van der Waals surface area contributed by atoms with E-state index in [1.54, 1.807) is 0 Å². The largest absolute Gasteiger partial charge is 0.377 e. The second-order valence-corrected chi connectivity index (χ2v) is 8.39. The Morgan fingerprint density at radius 2 is 1.83 bits per heavy atom. The number of anilines is 2. The molecule has 1 aromatic heterocycles. The number of benzene rings is 1. The molecule has 0 aliphatic heterocycles. The molecule has 0 fully saturated rings. The van der Waals surface area contributed by atoms with Crippen LogP contribution in [0.2, 0.25) is 0 Å². The zero-order chi connectivity index (χ0) is 21.4. The minimum atomic E-state index is -0.109. The van der Waals surface area contributed by atoms with Crippen LogP contribution in [0.15, 0.2) is 35.7 Å². The zero-order valence-electron chi connectivity index (χ0n) is 18.2. The molecular weight excluding hydrogens is 382 g/mol. The van der Waals surface area contributed by atoms with Gasteiger partial charge in [-0.15, -0.1) is 11.3 Å². The minimum absolute atomic E-state index is 0.0612. The average molecular weight is 416 g/mol. The van der Waals surface area contributed by atoms with Gasteiger partial charge in [0.25, 0.3) is 5.91 Å². The number of hydrogen-bond acceptors (Lipinski definition) is 4. The lowest BCUT2D eigenvalue weighted by atomic mass is 10.0. The molecular formula is C23H33N3O2S. The standard InChI is InChI=1S/C23H33N3O2S/c1-6-13-26(23(28)17(7-2)8-3)16-18-15-19(11-12-20(18)25(4)5)24-22(27)21-10-9-14-29-21/h9-12,14-15,17H,6-8,13,16H2,1-5H3,(H,24,27). The van der Waals surface area contributed by atoms with Crippen LogP contribution in [-0.2, 0) is 11.3 Å². The first-order chi connectivity index (χ1) is 13.9. The Balaban J connectivity index is 2.29. The maximum absolute atomic E-state index is 13.0.